The summed E-state index contributed by atoms with van der Waals surface area (Å²) in [6, 6.07) is 11.9. The van der Waals surface area contributed by atoms with Gasteiger partial charge in [0.15, 0.2) is 5.12 Å². The third-order valence-electron chi connectivity index (χ3n) is 3.66. The maximum absolute atomic E-state index is 12.2. The highest BCUT2D eigenvalue weighted by molar-refractivity contribution is 8.12. The largest absolute Gasteiger partial charge is 0.478 e. The van der Waals surface area contributed by atoms with Crippen molar-refractivity contribution in [3.8, 4) is 0 Å². The number of thioether (sulfide) groups is 1. The second-order valence-corrected chi connectivity index (χ2v) is 7.18. The van der Waals surface area contributed by atoms with Crippen LogP contribution < -0.4 is 5.32 Å². The maximum atomic E-state index is 12.2. The van der Waals surface area contributed by atoms with Crippen LogP contribution in [0.2, 0.25) is 5.02 Å². The molecule has 0 bridgehead atoms. The highest BCUT2D eigenvalue weighted by Crippen LogP contribution is 2.22. The van der Waals surface area contributed by atoms with E-state index in [0.29, 0.717) is 17.2 Å². The number of halogens is 1. The zero-order valence-corrected chi connectivity index (χ0v) is 15.7. The van der Waals surface area contributed by atoms with Crippen LogP contribution in [0.4, 0.5) is 5.69 Å². The molecule has 0 aliphatic rings. The molecule has 0 aliphatic heterocycles. The van der Waals surface area contributed by atoms with Gasteiger partial charge in [-0.3, -0.25) is 9.59 Å². The minimum Gasteiger partial charge on any atom is -0.478 e. The van der Waals surface area contributed by atoms with Crippen LogP contribution in [-0.4, -0.2) is 22.1 Å². The van der Waals surface area contributed by atoms with Crippen LogP contribution in [0.15, 0.2) is 42.5 Å². The molecule has 2 N–H and O–H groups in total. The topological polar surface area (TPSA) is 83.5 Å². The molecule has 136 valence electrons. The Balaban J connectivity index is 2.03. The molecular formula is C19H18ClNO4S. The average Bonchev–Trinajstić information content (AvgIpc) is 2.58. The number of carbonyl (C=O) groups excluding carboxylic acids is 2. The van der Waals surface area contributed by atoms with Gasteiger partial charge in [0.25, 0.3) is 0 Å². The molecule has 0 aromatic heterocycles. The van der Waals surface area contributed by atoms with Crippen molar-refractivity contribution in [2.45, 2.75) is 25.5 Å². The SMILES string of the molecule is CC(=O)SCc1ccccc1CCC(=O)Nc1cc(Cl)ccc1C(=O)O. The lowest BCUT2D eigenvalue weighted by Crippen LogP contribution is -2.15. The molecule has 0 radical (unpaired) electrons. The second-order valence-electron chi connectivity index (χ2n) is 5.59. The molecule has 26 heavy (non-hydrogen) atoms. The van der Waals surface area contributed by atoms with Crippen LogP contribution in [0.5, 0.6) is 0 Å². The first-order valence-electron chi connectivity index (χ1n) is 7.89. The van der Waals surface area contributed by atoms with E-state index in [2.05, 4.69) is 5.32 Å². The van der Waals surface area contributed by atoms with Gasteiger partial charge in [-0.1, -0.05) is 47.6 Å². The number of benzene rings is 2. The van der Waals surface area contributed by atoms with E-state index in [1.807, 2.05) is 24.3 Å². The van der Waals surface area contributed by atoms with Crippen LogP contribution in [0.1, 0.15) is 34.8 Å². The lowest BCUT2D eigenvalue weighted by atomic mass is 10.0. The second kappa shape index (κ2) is 9.40. The third-order valence-corrected chi connectivity index (χ3v) is 4.75. The summed E-state index contributed by atoms with van der Waals surface area (Å²) in [5.74, 6) is -0.878. The minimum absolute atomic E-state index is 0.0130. The number of carbonyl (C=O) groups is 3. The predicted molar refractivity (Wildman–Crippen MR) is 104 cm³/mol. The number of anilines is 1. The number of hydrogen-bond donors (Lipinski definition) is 2. The molecule has 0 heterocycles. The Morgan fingerprint density at radius 1 is 1.12 bits per heavy atom. The minimum atomic E-state index is -1.14. The third kappa shape index (κ3) is 5.89. The van der Waals surface area contributed by atoms with E-state index >= 15 is 0 Å². The molecule has 0 saturated heterocycles. The Bertz CT molecular complexity index is 838. The van der Waals surface area contributed by atoms with E-state index in [1.54, 1.807) is 0 Å². The van der Waals surface area contributed by atoms with Crippen molar-refractivity contribution in [2.24, 2.45) is 0 Å². The predicted octanol–water partition coefficient (Wildman–Crippen LogP) is 4.39. The van der Waals surface area contributed by atoms with Gasteiger partial charge in [-0.2, -0.15) is 0 Å². The molecule has 0 spiro atoms. The van der Waals surface area contributed by atoms with Gasteiger partial charge in [0, 0.05) is 24.1 Å². The van der Waals surface area contributed by atoms with Gasteiger partial charge in [-0.25, -0.2) is 4.79 Å². The van der Waals surface area contributed by atoms with Crippen LogP contribution in [-0.2, 0) is 21.8 Å². The van der Waals surface area contributed by atoms with Crippen molar-refractivity contribution in [2.75, 3.05) is 5.32 Å². The van der Waals surface area contributed by atoms with E-state index in [1.165, 1.54) is 36.9 Å². The molecule has 0 fully saturated rings. The Labute approximate surface area is 160 Å². The van der Waals surface area contributed by atoms with Crippen molar-refractivity contribution in [3.05, 3.63) is 64.2 Å². The van der Waals surface area contributed by atoms with E-state index in [0.717, 1.165) is 11.1 Å². The molecule has 0 aliphatic carbocycles. The first-order valence-corrected chi connectivity index (χ1v) is 9.26. The van der Waals surface area contributed by atoms with Gasteiger partial charge in [-0.15, -0.1) is 0 Å². The van der Waals surface area contributed by atoms with E-state index < -0.39 is 5.97 Å². The summed E-state index contributed by atoms with van der Waals surface area (Å²) in [6.07, 6.45) is 0.677. The summed E-state index contributed by atoms with van der Waals surface area (Å²) >= 11 is 7.11. The quantitative estimate of drug-likeness (QED) is 0.731. The molecule has 7 heteroatoms. The van der Waals surface area contributed by atoms with Crippen molar-refractivity contribution in [1.29, 1.82) is 0 Å². The monoisotopic (exact) mass is 391 g/mol. The summed E-state index contributed by atoms with van der Waals surface area (Å²) in [5, 5.41) is 12.2. The smallest absolute Gasteiger partial charge is 0.337 e. The van der Waals surface area contributed by atoms with Gasteiger partial charge in [-0.05, 0) is 35.7 Å². The standard InChI is InChI=1S/C19H18ClNO4S/c1-12(22)26-11-14-5-3-2-4-13(14)6-9-18(23)21-17-10-15(20)7-8-16(17)19(24)25/h2-5,7-8,10H,6,9,11H2,1H3,(H,21,23)(H,24,25). The highest BCUT2D eigenvalue weighted by Gasteiger charge is 2.13. The van der Waals surface area contributed by atoms with Gasteiger partial charge in [0.05, 0.1) is 11.3 Å². The van der Waals surface area contributed by atoms with Crippen LogP contribution >= 0.6 is 23.4 Å². The normalized spacial score (nSPS) is 10.4. The van der Waals surface area contributed by atoms with E-state index in [4.69, 9.17) is 11.6 Å². The number of aryl methyl sites for hydroxylation is 1. The van der Waals surface area contributed by atoms with Crippen LogP contribution in [0.3, 0.4) is 0 Å². The van der Waals surface area contributed by atoms with Gasteiger partial charge >= 0.3 is 5.97 Å². The molecule has 0 atom stereocenters. The highest BCUT2D eigenvalue weighted by atomic mass is 35.5. The number of carboxylic acid groups (broad SMARTS) is 1. The zero-order chi connectivity index (χ0) is 19.1. The fraction of sp³-hybridized carbons (Fsp3) is 0.211. The summed E-state index contributed by atoms with van der Waals surface area (Å²) in [4.78, 5) is 34.6. The number of nitrogens with one attached hydrogen (secondary N) is 1. The molecule has 0 saturated carbocycles. The Morgan fingerprint density at radius 2 is 1.81 bits per heavy atom. The van der Waals surface area contributed by atoms with Gasteiger partial charge < -0.3 is 10.4 Å². The molecule has 2 aromatic rings. The molecule has 5 nitrogen and oxygen atoms in total. The maximum Gasteiger partial charge on any atom is 0.337 e. The molecular weight excluding hydrogens is 374 g/mol. The Kier molecular flexibility index (Phi) is 7.24. The fourth-order valence-electron chi connectivity index (χ4n) is 2.39. The number of aromatic carboxylic acids is 1. The Hall–Kier alpha value is -2.31. The zero-order valence-electron chi connectivity index (χ0n) is 14.1. The van der Waals surface area contributed by atoms with Crippen LogP contribution in [0.25, 0.3) is 0 Å². The summed E-state index contributed by atoms with van der Waals surface area (Å²) in [5.41, 5.74) is 2.16. The number of hydrogen-bond acceptors (Lipinski definition) is 4. The molecule has 0 unspecified atom stereocenters. The first kappa shape index (κ1) is 20.0. The van der Waals surface area contributed by atoms with Crippen molar-refractivity contribution >= 4 is 46.0 Å². The van der Waals surface area contributed by atoms with E-state index in [-0.39, 0.29) is 28.7 Å². The summed E-state index contributed by atoms with van der Waals surface area (Å²) < 4.78 is 0. The summed E-state index contributed by atoms with van der Waals surface area (Å²) in [6.45, 7) is 1.52. The molecule has 1 amide bonds. The van der Waals surface area contributed by atoms with E-state index in [9.17, 15) is 19.5 Å². The number of rotatable bonds is 7. The van der Waals surface area contributed by atoms with Crippen molar-refractivity contribution in [3.63, 3.8) is 0 Å². The van der Waals surface area contributed by atoms with Crippen LogP contribution in [0, 0.1) is 0 Å². The molecule has 2 aromatic carbocycles. The lowest BCUT2D eigenvalue weighted by Gasteiger charge is -2.11. The summed E-state index contributed by atoms with van der Waals surface area (Å²) in [7, 11) is 0. The molecule has 2 rings (SSSR count). The number of carboxylic acids is 1. The van der Waals surface area contributed by atoms with Gasteiger partial charge in [0.1, 0.15) is 0 Å². The van der Waals surface area contributed by atoms with Gasteiger partial charge in [0.2, 0.25) is 5.91 Å². The average molecular weight is 392 g/mol. The number of amides is 1. The lowest BCUT2D eigenvalue weighted by molar-refractivity contribution is -0.116. The van der Waals surface area contributed by atoms with Crippen molar-refractivity contribution < 1.29 is 19.5 Å². The first-order chi connectivity index (χ1) is 12.4. The van der Waals surface area contributed by atoms with Crippen molar-refractivity contribution in [1.82, 2.24) is 0 Å². The Morgan fingerprint density at radius 3 is 2.46 bits per heavy atom. The fourth-order valence-corrected chi connectivity index (χ4v) is 3.20.